The number of benzene rings is 1. The molecule has 0 amide bonds. The van der Waals surface area contributed by atoms with E-state index < -0.39 is 5.97 Å². The van der Waals surface area contributed by atoms with Crippen molar-refractivity contribution in [2.24, 2.45) is 5.92 Å². The van der Waals surface area contributed by atoms with Gasteiger partial charge < -0.3 is 14.6 Å². The number of hydrogen-bond donors (Lipinski definition) is 1. The fourth-order valence-corrected chi connectivity index (χ4v) is 2.74. The van der Waals surface area contributed by atoms with E-state index in [1.165, 1.54) is 0 Å². The Morgan fingerprint density at radius 1 is 1.35 bits per heavy atom. The van der Waals surface area contributed by atoms with Crippen LogP contribution in [0.25, 0.3) is 0 Å². The summed E-state index contributed by atoms with van der Waals surface area (Å²) in [6.45, 7) is 3.31. The maximum atomic E-state index is 10.7. The highest BCUT2D eigenvalue weighted by Gasteiger charge is 2.15. The molecule has 1 atom stereocenters. The number of aliphatic carboxylic acids is 1. The maximum Gasteiger partial charge on any atom is 0.303 e. The highest BCUT2D eigenvalue weighted by Crippen LogP contribution is 2.36. The van der Waals surface area contributed by atoms with Crippen LogP contribution in [0.2, 0.25) is 0 Å². The van der Waals surface area contributed by atoms with Crippen LogP contribution in [-0.4, -0.2) is 24.3 Å². The molecular weight excluding hydrogens is 324 g/mol. The zero-order chi connectivity index (χ0) is 14.5. The minimum Gasteiger partial charge on any atom is -0.490 e. The van der Waals surface area contributed by atoms with Gasteiger partial charge in [0.25, 0.3) is 0 Å². The van der Waals surface area contributed by atoms with Gasteiger partial charge in [0.1, 0.15) is 0 Å². The van der Waals surface area contributed by atoms with Crippen LogP contribution in [-0.2, 0) is 11.2 Å². The van der Waals surface area contributed by atoms with Crippen LogP contribution in [0.3, 0.4) is 0 Å². The first-order chi connectivity index (χ1) is 9.56. The van der Waals surface area contributed by atoms with Gasteiger partial charge in [0.2, 0.25) is 0 Å². The number of ether oxygens (including phenoxy) is 2. The summed E-state index contributed by atoms with van der Waals surface area (Å²) in [5, 5.41) is 8.78. The number of carbonyl (C=O) groups is 1. The van der Waals surface area contributed by atoms with Crippen LogP contribution in [0.1, 0.15) is 31.7 Å². The zero-order valence-electron chi connectivity index (χ0n) is 11.5. The Kier molecular flexibility index (Phi) is 5.29. The van der Waals surface area contributed by atoms with Crippen molar-refractivity contribution in [1.29, 1.82) is 0 Å². The molecule has 1 N–H and O–H groups in total. The summed E-state index contributed by atoms with van der Waals surface area (Å²) in [7, 11) is 0. The molecule has 0 saturated heterocycles. The van der Waals surface area contributed by atoms with Crippen molar-refractivity contribution >= 4 is 21.9 Å². The first-order valence-electron chi connectivity index (χ1n) is 6.86. The van der Waals surface area contributed by atoms with E-state index >= 15 is 0 Å². The summed E-state index contributed by atoms with van der Waals surface area (Å²) in [5.74, 6) is 0.980. The number of carboxylic acid groups (broad SMARTS) is 1. The summed E-state index contributed by atoms with van der Waals surface area (Å²) in [5.41, 5.74) is 1.13. The summed E-state index contributed by atoms with van der Waals surface area (Å²) in [6.07, 6.45) is 2.76. The van der Waals surface area contributed by atoms with E-state index in [4.69, 9.17) is 14.6 Å². The molecule has 1 aromatic rings. The van der Waals surface area contributed by atoms with Gasteiger partial charge in [-0.3, -0.25) is 4.79 Å². The van der Waals surface area contributed by atoms with Crippen molar-refractivity contribution in [2.75, 3.05) is 13.2 Å². The molecule has 1 aliphatic heterocycles. The number of aryl methyl sites for hydroxylation is 1. The van der Waals surface area contributed by atoms with E-state index in [1.807, 2.05) is 19.1 Å². The molecule has 1 unspecified atom stereocenters. The Bertz CT molecular complexity index is 487. The van der Waals surface area contributed by atoms with E-state index in [0.29, 0.717) is 13.2 Å². The van der Waals surface area contributed by atoms with E-state index in [9.17, 15) is 4.79 Å². The summed E-state index contributed by atoms with van der Waals surface area (Å²) < 4.78 is 12.3. The van der Waals surface area contributed by atoms with Crippen molar-refractivity contribution in [3.8, 4) is 11.5 Å². The summed E-state index contributed by atoms with van der Waals surface area (Å²) >= 11 is 3.55. The molecule has 2 rings (SSSR count). The van der Waals surface area contributed by atoms with Crippen molar-refractivity contribution in [2.45, 2.75) is 32.6 Å². The second kappa shape index (κ2) is 6.97. The quantitative estimate of drug-likeness (QED) is 0.887. The average molecular weight is 343 g/mol. The minimum atomic E-state index is -0.741. The summed E-state index contributed by atoms with van der Waals surface area (Å²) in [4.78, 5) is 10.7. The lowest BCUT2D eigenvalue weighted by Crippen LogP contribution is -2.05. The molecule has 0 saturated carbocycles. The van der Waals surface area contributed by atoms with E-state index in [2.05, 4.69) is 15.9 Å². The van der Waals surface area contributed by atoms with Gasteiger partial charge in [0, 0.05) is 17.3 Å². The third-order valence-corrected chi connectivity index (χ3v) is 4.08. The molecule has 5 heteroatoms. The van der Waals surface area contributed by atoms with E-state index in [1.54, 1.807) is 0 Å². The van der Waals surface area contributed by atoms with Crippen LogP contribution in [0, 0.1) is 5.92 Å². The lowest BCUT2D eigenvalue weighted by Gasteiger charge is -2.13. The predicted octanol–water partition coefficient (Wildman–Crippen LogP) is 3.65. The lowest BCUT2D eigenvalue weighted by atomic mass is 9.98. The van der Waals surface area contributed by atoms with E-state index in [0.717, 1.165) is 40.8 Å². The largest absolute Gasteiger partial charge is 0.490 e. The monoisotopic (exact) mass is 342 g/mol. The second-order valence-corrected chi connectivity index (χ2v) is 6.04. The molecule has 20 heavy (non-hydrogen) atoms. The van der Waals surface area contributed by atoms with Crippen LogP contribution in [0.15, 0.2) is 16.6 Å². The molecule has 0 radical (unpaired) electrons. The van der Waals surface area contributed by atoms with Gasteiger partial charge in [0.05, 0.1) is 13.2 Å². The van der Waals surface area contributed by atoms with Crippen molar-refractivity contribution < 1.29 is 19.4 Å². The Balaban J connectivity index is 2.04. The van der Waals surface area contributed by atoms with Gasteiger partial charge in [-0.25, -0.2) is 0 Å². The highest BCUT2D eigenvalue weighted by atomic mass is 79.9. The second-order valence-electron chi connectivity index (χ2n) is 5.18. The molecule has 0 spiro atoms. The molecule has 0 bridgehead atoms. The van der Waals surface area contributed by atoms with Gasteiger partial charge >= 0.3 is 5.97 Å². The maximum absolute atomic E-state index is 10.7. The number of hydrogen-bond acceptors (Lipinski definition) is 3. The molecule has 4 nitrogen and oxygen atoms in total. The topological polar surface area (TPSA) is 55.8 Å². The SMILES string of the molecule is CC(CCc1cc2c(cc1Br)OCCCO2)CC(=O)O. The Morgan fingerprint density at radius 3 is 2.65 bits per heavy atom. The zero-order valence-corrected chi connectivity index (χ0v) is 13.1. The average Bonchev–Trinajstić information content (AvgIpc) is 2.60. The molecule has 0 aliphatic carbocycles. The van der Waals surface area contributed by atoms with Crippen LogP contribution >= 0.6 is 15.9 Å². The fourth-order valence-electron chi connectivity index (χ4n) is 2.22. The summed E-state index contributed by atoms with van der Waals surface area (Å²) in [6, 6.07) is 3.94. The third-order valence-electron chi connectivity index (χ3n) is 3.35. The molecular formula is C15H19BrO4. The number of carboxylic acids is 1. The third kappa shape index (κ3) is 4.13. The standard InChI is InChI=1S/C15H19BrO4/c1-10(7-15(17)18)3-4-11-8-13-14(9-12(11)16)20-6-2-5-19-13/h8-10H,2-7H2,1H3,(H,17,18). The first-order valence-corrected chi connectivity index (χ1v) is 7.65. The Morgan fingerprint density at radius 2 is 2.00 bits per heavy atom. The van der Waals surface area contributed by atoms with Gasteiger partial charge in [-0.15, -0.1) is 0 Å². The molecule has 0 aromatic heterocycles. The molecule has 110 valence electrons. The van der Waals surface area contributed by atoms with E-state index in [-0.39, 0.29) is 12.3 Å². The lowest BCUT2D eigenvalue weighted by molar-refractivity contribution is -0.138. The van der Waals surface area contributed by atoms with Gasteiger partial charge in [0.15, 0.2) is 11.5 Å². The van der Waals surface area contributed by atoms with Gasteiger partial charge in [-0.1, -0.05) is 22.9 Å². The fraction of sp³-hybridized carbons (Fsp3) is 0.533. The number of rotatable bonds is 5. The Labute approximate surface area is 127 Å². The molecule has 1 aromatic carbocycles. The van der Waals surface area contributed by atoms with Crippen LogP contribution in [0.4, 0.5) is 0 Å². The van der Waals surface area contributed by atoms with Crippen LogP contribution < -0.4 is 9.47 Å². The van der Waals surface area contributed by atoms with Crippen molar-refractivity contribution in [3.63, 3.8) is 0 Å². The molecule has 1 heterocycles. The van der Waals surface area contributed by atoms with Gasteiger partial charge in [-0.2, -0.15) is 0 Å². The van der Waals surface area contributed by atoms with Gasteiger partial charge in [-0.05, 0) is 36.5 Å². The van der Waals surface area contributed by atoms with Crippen LogP contribution in [0.5, 0.6) is 11.5 Å². The van der Waals surface area contributed by atoms with Crippen molar-refractivity contribution in [1.82, 2.24) is 0 Å². The molecule has 0 fully saturated rings. The molecule has 1 aliphatic rings. The number of halogens is 1. The smallest absolute Gasteiger partial charge is 0.303 e. The minimum absolute atomic E-state index is 0.162. The normalized spacial score (nSPS) is 15.5. The predicted molar refractivity (Wildman–Crippen MR) is 79.5 cm³/mol. The van der Waals surface area contributed by atoms with Crippen molar-refractivity contribution in [3.05, 3.63) is 22.2 Å². The number of fused-ring (bicyclic) bond motifs is 1. The first kappa shape index (κ1) is 15.2. The highest BCUT2D eigenvalue weighted by molar-refractivity contribution is 9.10. The Hall–Kier alpha value is -1.23.